The summed E-state index contributed by atoms with van der Waals surface area (Å²) < 4.78 is 29.3. The maximum Gasteiger partial charge on any atom is 0.255 e. The van der Waals surface area contributed by atoms with Crippen LogP contribution in [0.4, 0.5) is 5.69 Å². The molecule has 0 saturated carbocycles. The standard InChI is InChI=1S/C24H24N4O3S2/c1-17-10-12-28(13-11-17)33(30,31)21-8-4-19(5-9-21)23(29)25-20-6-2-18(3-7-20)22-16-27-14-15-32-24(27)26-22/h2-9,14-17H,10-13H2,1H3,(H,25,29). The topological polar surface area (TPSA) is 83.8 Å². The van der Waals surface area contributed by atoms with Gasteiger partial charge in [-0.2, -0.15) is 4.31 Å². The van der Waals surface area contributed by atoms with Gasteiger partial charge in [-0.25, -0.2) is 13.4 Å². The van der Waals surface area contributed by atoms with Gasteiger partial charge in [0.1, 0.15) is 0 Å². The molecule has 1 N–H and O–H groups in total. The second kappa shape index (κ2) is 8.74. The number of benzene rings is 2. The number of sulfonamides is 1. The summed E-state index contributed by atoms with van der Waals surface area (Å²) in [6.45, 7) is 3.22. The van der Waals surface area contributed by atoms with Crippen molar-refractivity contribution >= 4 is 37.9 Å². The van der Waals surface area contributed by atoms with E-state index in [2.05, 4.69) is 17.2 Å². The SMILES string of the molecule is CC1CCN(S(=O)(=O)c2ccc(C(=O)Nc3ccc(-c4cn5ccsc5n4)cc3)cc2)CC1. The first-order valence-electron chi connectivity index (χ1n) is 10.8. The summed E-state index contributed by atoms with van der Waals surface area (Å²) in [5.74, 6) is 0.259. The Kier molecular flexibility index (Phi) is 5.77. The van der Waals surface area contributed by atoms with E-state index >= 15 is 0 Å². The molecule has 3 heterocycles. The van der Waals surface area contributed by atoms with E-state index in [4.69, 9.17) is 0 Å². The number of hydrogen-bond donors (Lipinski definition) is 1. The number of thiazole rings is 1. The lowest BCUT2D eigenvalue weighted by Crippen LogP contribution is -2.37. The predicted octanol–water partition coefficient (Wildman–Crippen LogP) is 4.74. The third-order valence-electron chi connectivity index (χ3n) is 6.03. The van der Waals surface area contributed by atoms with Crippen molar-refractivity contribution in [2.75, 3.05) is 18.4 Å². The number of amides is 1. The van der Waals surface area contributed by atoms with E-state index < -0.39 is 10.0 Å². The van der Waals surface area contributed by atoms with Crippen LogP contribution in [-0.2, 0) is 10.0 Å². The number of piperidine rings is 1. The Morgan fingerprint density at radius 1 is 1.06 bits per heavy atom. The first-order chi connectivity index (χ1) is 15.9. The molecular formula is C24H24N4O3S2. The van der Waals surface area contributed by atoms with Gasteiger partial charge in [0, 0.05) is 47.7 Å². The first-order valence-corrected chi connectivity index (χ1v) is 13.2. The van der Waals surface area contributed by atoms with Crippen LogP contribution in [0.2, 0.25) is 0 Å². The number of anilines is 1. The average molecular weight is 481 g/mol. The van der Waals surface area contributed by atoms with Crippen LogP contribution in [0.1, 0.15) is 30.1 Å². The Hall–Kier alpha value is -3.01. The lowest BCUT2D eigenvalue weighted by atomic mass is 10.0. The highest BCUT2D eigenvalue weighted by Crippen LogP contribution is 2.25. The van der Waals surface area contributed by atoms with Crippen molar-refractivity contribution in [3.8, 4) is 11.3 Å². The minimum atomic E-state index is -3.53. The lowest BCUT2D eigenvalue weighted by molar-refractivity contribution is 0.102. The van der Waals surface area contributed by atoms with Crippen LogP contribution in [0.5, 0.6) is 0 Å². The van der Waals surface area contributed by atoms with E-state index in [0.717, 1.165) is 29.1 Å². The zero-order valence-corrected chi connectivity index (χ0v) is 19.8. The normalized spacial score (nSPS) is 15.7. The van der Waals surface area contributed by atoms with Crippen molar-refractivity contribution in [2.45, 2.75) is 24.7 Å². The average Bonchev–Trinajstić information content (AvgIpc) is 3.43. The van der Waals surface area contributed by atoms with E-state index in [9.17, 15) is 13.2 Å². The highest BCUT2D eigenvalue weighted by Gasteiger charge is 2.28. The Bertz CT molecular complexity index is 1350. The molecule has 2 aromatic heterocycles. The molecule has 0 unspecified atom stereocenters. The minimum absolute atomic E-state index is 0.220. The predicted molar refractivity (Wildman–Crippen MR) is 130 cm³/mol. The van der Waals surface area contributed by atoms with E-state index in [-0.39, 0.29) is 10.8 Å². The number of nitrogens with one attached hydrogen (secondary N) is 1. The monoisotopic (exact) mass is 480 g/mol. The molecule has 7 nitrogen and oxygen atoms in total. The van der Waals surface area contributed by atoms with Crippen LogP contribution in [0.25, 0.3) is 16.2 Å². The van der Waals surface area contributed by atoms with E-state index in [1.54, 1.807) is 23.5 Å². The van der Waals surface area contributed by atoms with Crippen LogP contribution >= 0.6 is 11.3 Å². The highest BCUT2D eigenvalue weighted by molar-refractivity contribution is 7.89. The summed E-state index contributed by atoms with van der Waals surface area (Å²) in [6.07, 6.45) is 5.68. The number of hydrogen-bond acceptors (Lipinski definition) is 5. The highest BCUT2D eigenvalue weighted by atomic mass is 32.2. The molecule has 0 bridgehead atoms. The van der Waals surface area contributed by atoms with Crippen molar-refractivity contribution in [1.82, 2.24) is 13.7 Å². The number of imidazole rings is 1. The molecule has 5 rings (SSSR count). The van der Waals surface area contributed by atoms with E-state index in [1.807, 2.05) is 46.4 Å². The minimum Gasteiger partial charge on any atom is -0.322 e. The smallest absolute Gasteiger partial charge is 0.255 e. The van der Waals surface area contributed by atoms with Crippen LogP contribution in [-0.4, -0.2) is 41.1 Å². The summed E-state index contributed by atoms with van der Waals surface area (Å²) in [4.78, 5) is 18.4. The second-order valence-corrected chi connectivity index (χ2v) is 11.2. The molecule has 33 heavy (non-hydrogen) atoms. The Labute approximate surface area is 196 Å². The largest absolute Gasteiger partial charge is 0.322 e. The first kappa shape index (κ1) is 21.8. The molecule has 1 fully saturated rings. The van der Waals surface area contributed by atoms with Gasteiger partial charge < -0.3 is 5.32 Å². The number of fused-ring (bicyclic) bond motifs is 1. The number of carbonyl (C=O) groups is 1. The number of aromatic nitrogens is 2. The van der Waals surface area contributed by atoms with Gasteiger partial charge in [0.2, 0.25) is 10.0 Å². The molecule has 1 amide bonds. The molecule has 0 aliphatic carbocycles. The molecular weight excluding hydrogens is 456 g/mol. The third kappa shape index (κ3) is 4.44. The summed E-state index contributed by atoms with van der Waals surface area (Å²) in [5, 5.41) is 4.85. The van der Waals surface area contributed by atoms with Crippen LogP contribution in [0.15, 0.2) is 71.2 Å². The van der Waals surface area contributed by atoms with Crippen molar-refractivity contribution in [2.24, 2.45) is 5.92 Å². The van der Waals surface area contributed by atoms with Crippen LogP contribution in [0, 0.1) is 5.92 Å². The molecule has 4 aromatic rings. The van der Waals surface area contributed by atoms with Gasteiger partial charge >= 0.3 is 0 Å². The van der Waals surface area contributed by atoms with Crippen molar-refractivity contribution in [3.63, 3.8) is 0 Å². The van der Waals surface area contributed by atoms with Crippen molar-refractivity contribution < 1.29 is 13.2 Å². The summed E-state index contributed by atoms with van der Waals surface area (Å²) in [6, 6.07) is 13.6. The van der Waals surface area contributed by atoms with Gasteiger partial charge in [-0.15, -0.1) is 11.3 Å². The Morgan fingerprint density at radius 3 is 2.42 bits per heavy atom. The zero-order chi connectivity index (χ0) is 23.0. The van der Waals surface area contributed by atoms with Crippen LogP contribution in [0.3, 0.4) is 0 Å². The molecule has 2 aromatic carbocycles. The summed E-state index contributed by atoms with van der Waals surface area (Å²) >= 11 is 1.58. The second-order valence-electron chi connectivity index (χ2n) is 8.36. The number of nitrogens with zero attached hydrogens (tertiary/aromatic N) is 3. The molecule has 0 atom stereocenters. The molecule has 1 aliphatic rings. The zero-order valence-electron chi connectivity index (χ0n) is 18.1. The number of carbonyl (C=O) groups excluding carboxylic acids is 1. The van der Waals surface area contributed by atoms with Crippen molar-refractivity contribution in [1.29, 1.82) is 0 Å². The molecule has 170 valence electrons. The van der Waals surface area contributed by atoms with Crippen molar-refractivity contribution in [3.05, 3.63) is 71.9 Å². The Morgan fingerprint density at radius 2 is 1.76 bits per heavy atom. The van der Waals surface area contributed by atoms with Gasteiger partial charge in [0.25, 0.3) is 5.91 Å². The van der Waals surface area contributed by atoms with E-state index in [0.29, 0.717) is 30.3 Å². The van der Waals surface area contributed by atoms with Gasteiger partial charge in [-0.1, -0.05) is 19.1 Å². The fraction of sp³-hybridized carbons (Fsp3) is 0.250. The van der Waals surface area contributed by atoms with Gasteiger partial charge in [0.15, 0.2) is 4.96 Å². The molecule has 9 heteroatoms. The molecule has 1 saturated heterocycles. The molecule has 0 radical (unpaired) electrons. The third-order valence-corrected chi connectivity index (χ3v) is 8.71. The molecule has 1 aliphatic heterocycles. The maximum atomic E-state index is 12.9. The summed E-state index contributed by atoms with van der Waals surface area (Å²) in [5.41, 5.74) is 2.90. The quantitative estimate of drug-likeness (QED) is 0.447. The van der Waals surface area contributed by atoms with Gasteiger partial charge in [0.05, 0.1) is 10.6 Å². The Balaban J connectivity index is 1.25. The summed E-state index contributed by atoms with van der Waals surface area (Å²) in [7, 11) is -3.53. The molecule has 0 spiro atoms. The maximum absolute atomic E-state index is 12.9. The fourth-order valence-corrected chi connectivity index (χ4v) is 6.12. The van der Waals surface area contributed by atoms with Crippen LogP contribution < -0.4 is 5.32 Å². The van der Waals surface area contributed by atoms with Gasteiger partial charge in [-0.05, 0) is 55.2 Å². The van der Waals surface area contributed by atoms with Gasteiger partial charge in [-0.3, -0.25) is 9.20 Å². The number of rotatable bonds is 5. The van der Waals surface area contributed by atoms with E-state index in [1.165, 1.54) is 16.4 Å². The lowest BCUT2D eigenvalue weighted by Gasteiger charge is -2.29. The fourth-order valence-electron chi connectivity index (χ4n) is 3.95.